The number of aryl methyl sites for hydroxylation is 1. The summed E-state index contributed by atoms with van der Waals surface area (Å²) in [6, 6.07) is 13.5. The van der Waals surface area contributed by atoms with Crippen LogP contribution in [0.1, 0.15) is 5.82 Å². The minimum absolute atomic E-state index is 0.648. The molecule has 1 aromatic heterocycles. The van der Waals surface area contributed by atoms with Crippen molar-refractivity contribution < 1.29 is 4.74 Å². The topological polar surface area (TPSA) is 39.1 Å². The van der Waals surface area contributed by atoms with Gasteiger partial charge < -0.3 is 14.6 Å². The van der Waals surface area contributed by atoms with Crippen molar-refractivity contribution in [2.75, 3.05) is 12.4 Å². The molecule has 21 heavy (non-hydrogen) atoms. The Hall–Kier alpha value is -2.20. The normalized spacial score (nSPS) is 10.8. The zero-order valence-corrected chi connectivity index (χ0v) is 12.7. The number of hydrogen-bond donors (Lipinski definition) is 1. The van der Waals surface area contributed by atoms with Crippen LogP contribution < -0.4 is 10.1 Å². The molecule has 1 N–H and O–H groups in total. The first kappa shape index (κ1) is 13.8. The molecule has 0 bridgehead atoms. The smallest absolute Gasteiger partial charge is 0.128 e. The summed E-state index contributed by atoms with van der Waals surface area (Å²) in [7, 11) is 3.67. The zero-order valence-electron chi connectivity index (χ0n) is 11.9. The number of nitrogens with zero attached hydrogens (tertiary/aromatic N) is 2. The molecule has 4 nitrogen and oxygen atoms in total. The quantitative estimate of drug-likeness (QED) is 0.795. The van der Waals surface area contributed by atoms with E-state index in [1.807, 2.05) is 49.5 Å². The lowest BCUT2D eigenvalue weighted by molar-refractivity contribution is 0.415. The van der Waals surface area contributed by atoms with Crippen LogP contribution in [0.3, 0.4) is 0 Å². The lowest BCUT2D eigenvalue weighted by Gasteiger charge is -2.06. The molecule has 0 radical (unpaired) electrons. The molecule has 0 unspecified atom stereocenters. The summed E-state index contributed by atoms with van der Waals surface area (Å²) >= 11 is 5.88. The van der Waals surface area contributed by atoms with Gasteiger partial charge in [-0.05, 0) is 36.4 Å². The summed E-state index contributed by atoms with van der Waals surface area (Å²) in [5.41, 5.74) is 3.04. The van der Waals surface area contributed by atoms with E-state index in [0.29, 0.717) is 6.54 Å². The fourth-order valence-corrected chi connectivity index (χ4v) is 2.39. The van der Waals surface area contributed by atoms with Crippen molar-refractivity contribution in [3.63, 3.8) is 0 Å². The Balaban J connectivity index is 1.83. The van der Waals surface area contributed by atoms with E-state index < -0.39 is 0 Å². The summed E-state index contributed by atoms with van der Waals surface area (Å²) in [6.07, 6.45) is 0. The third-order valence-electron chi connectivity index (χ3n) is 3.48. The van der Waals surface area contributed by atoms with E-state index in [9.17, 15) is 0 Å². The molecule has 0 aliphatic rings. The number of halogens is 1. The number of aromatic nitrogens is 2. The van der Waals surface area contributed by atoms with E-state index in [1.165, 1.54) is 0 Å². The molecule has 3 aromatic rings. The maximum atomic E-state index is 5.88. The average molecular weight is 302 g/mol. The van der Waals surface area contributed by atoms with Crippen molar-refractivity contribution in [1.29, 1.82) is 0 Å². The lowest BCUT2D eigenvalue weighted by atomic mass is 10.3. The number of hydrogen-bond acceptors (Lipinski definition) is 3. The van der Waals surface area contributed by atoms with Crippen LogP contribution in [0.2, 0.25) is 5.02 Å². The Labute approximate surface area is 128 Å². The van der Waals surface area contributed by atoms with Crippen LogP contribution >= 0.6 is 11.6 Å². The van der Waals surface area contributed by atoms with Crippen LogP contribution in [0.15, 0.2) is 42.5 Å². The third kappa shape index (κ3) is 2.81. The predicted molar refractivity (Wildman–Crippen MR) is 86.0 cm³/mol. The number of methoxy groups -OCH3 is 1. The van der Waals surface area contributed by atoms with Gasteiger partial charge in [0.05, 0.1) is 24.7 Å². The van der Waals surface area contributed by atoms with Crippen molar-refractivity contribution >= 4 is 28.3 Å². The van der Waals surface area contributed by atoms with Gasteiger partial charge in [0, 0.05) is 23.8 Å². The summed E-state index contributed by atoms with van der Waals surface area (Å²) in [5.74, 6) is 1.78. The average Bonchev–Trinajstić information content (AvgIpc) is 2.82. The lowest BCUT2D eigenvalue weighted by Crippen LogP contribution is -2.05. The van der Waals surface area contributed by atoms with Gasteiger partial charge in [-0.15, -0.1) is 0 Å². The molecule has 0 aliphatic heterocycles. The molecular formula is C16H16ClN3O. The van der Waals surface area contributed by atoms with Crippen molar-refractivity contribution in [3.05, 3.63) is 53.3 Å². The van der Waals surface area contributed by atoms with Crippen molar-refractivity contribution in [3.8, 4) is 5.75 Å². The van der Waals surface area contributed by atoms with E-state index in [-0.39, 0.29) is 0 Å². The fourth-order valence-electron chi connectivity index (χ4n) is 2.26. The van der Waals surface area contributed by atoms with E-state index in [0.717, 1.165) is 33.3 Å². The Morgan fingerprint density at radius 2 is 1.95 bits per heavy atom. The van der Waals surface area contributed by atoms with Crippen LogP contribution in [-0.2, 0) is 13.6 Å². The number of fused-ring (bicyclic) bond motifs is 1. The molecule has 1 heterocycles. The van der Waals surface area contributed by atoms with Crippen LogP contribution in [0.4, 0.5) is 5.69 Å². The second-order valence-electron chi connectivity index (χ2n) is 4.80. The van der Waals surface area contributed by atoms with Crippen LogP contribution in [0.5, 0.6) is 5.75 Å². The molecule has 3 rings (SSSR count). The van der Waals surface area contributed by atoms with E-state index in [2.05, 4.69) is 14.9 Å². The van der Waals surface area contributed by atoms with Gasteiger partial charge in [0.1, 0.15) is 11.6 Å². The standard InChI is InChI=1S/C16H16ClN3O/c1-20-15-8-7-13(21-2)9-14(15)19-16(20)10-18-12-5-3-11(17)4-6-12/h3-9,18H,10H2,1-2H3. The molecule has 0 fully saturated rings. The molecule has 0 aliphatic carbocycles. The zero-order chi connectivity index (χ0) is 14.8. The summed E-state index contributed by atoms with van der Waals surface area (Å²) in [4.78, 5) is 4.65. The van der Waals surface area contributed by atoms with Crippen LogP contribution in [0.25, 0.3) is 11.0 Å². The van der Waals surface area contributed by atoms with Gasteiger partial charge in [0.15, 0.2) is 0 Å². The molecule has 108 valence electrons. The highest BCUT2D eigenvalue weighted by Crippen LogP contribution is 2.21. The molecule has 0 saturated carbocycles. The Morgan fingerprint density at radius 3 is 2.67 bits per heavy atom. The first-order valence-corrected chi connectivity index (χ1v) is 7.04. The summed E-state index contributed by atoms with van der Waals surface area (Å²) < 4.78 is 7.32. The number of rotatable bonds is 4. The Bertz CT molecular complexity index is 765. The summed E-state index contributed by atoms with van der Waals surface area (Å²) in [6.45, 7) is 0.648. The molecular weight excluding hydrogens is 286 g/mol. The molecule has 5 heteroatoms. The fraction of sp³-hybridized carbons (Fsp3) is 0.188. The monoisotopic (exact) mass is 301 g/mol. The summed E-state index contributed by atoms with van der Waals surface area (Å²) in [5, 5.41) is 4.08. The minimum Gasteiger partial charge on any atom is -0.497 e. The number of imidazole rings is 1. The van der Waals surface area contributed by atoms with Crippen LogP contribution in [-0.4, -0.2) is 16.7 Å². The van der Waals surface area contributed by atoms with Gasteiger partial charge in [0.2, 0.25) is 0 Å². The van der Waals surface area contributed by atoms with Gasteiger partial charge in [-0.1, -0.05) is 11.6 Å². The minimum atomic E-state index is 0.648. The number of nitrogens with one attached hydrogen (secondary N) is 1. The third-order valence-corrected chi connectivity index (χ3v) is 3.73. The van der Waals surface area contributed by atoms with Gasteiger partial charge >= 0.3 is 0 Å². The highest BCUT2D eigenvalue weighted by molar-refractivity contribution is 6.30. The SMILES string of the molecule is COc1ccc2c(c1)nc(CNc1ccc(Cl)cc1)n2C. The Morgan fingerprint density at radius 1 is 1.19 bits per heavy atom. The predicted octanol–water partition coefficient (Wildman–Crippen LogP) is 3.85. The van der Waals surface area contributed by atoms with Gasteiger partial charge in [-0.3, -0.25) is 0 Å². The number of benzene rings is 2. The van der Waals surface area contributed by atoms with Crippen molar-refractivity contribution in [1.82, 2.24) is 9.55 Å². The van der Waals surface area contributed by atoms with E-state index >= 15 is 0 Å². The first-order chi connectivity index (χ1) is 10.2. The highest BCUT2D eigenvalue weighted by atomic mass is 35.5. The van der Waals surface area contributed by atoms with Gasteiger partial charge in [-0.2, -0.15) is 0 Å². The largest absolute Gasteiger partial charge is 0.497 e. The molecule has 0 saturated heterocycles. The Kier molecular flexibility index (Phi) is 3.71. The van der Waals surface area contributed by atoms with Crippen molar-refractivity contribution in [2.24, 2.45) is 7.05 Å². The maximum absolute atomic E-state index is 5.88. The van der Waals surface area contributed by atoms with E-state index in [4.69, 9.17) is 16.3 Å². The first-order valence-electron chi connectivity index (χ1n) is 6.66. The molecule has 0 spiro atoms. The van der Waals surface area contributed by atoms with Crippen LogP contribution in [0, 0.1) is 0 Å². The molecule has 0 amide bonds. The van der Waals surface area contributed by atoms with Gasteiger partial charge in [0.25, 0.3) is 0 Å². The number of ether oxygens (including phenoxy) is 1. The second-order valence-corrected chi connectivity index (χ2v) is 5.24. The second kappa shape index (κ2) is 5.66. The number of anilines is 1. The maximum Gasteiger partial charge on any atom is 0.128 e. The van der Waals surface area contributed by atoms with Gasteiger partial charge in [-0.25, -0.2) is 4.98 Å². The van der Waals surface area contributed by atoms with E-state index in [1.54, 1.807) is 7.11 Å². The highest BCUT2D eigenvalue weighted by Gasteiger charge is 2.08. The molecule has 0 atom stereocenters. The molecule has 2 aromatic carbocycles. The van der Waals surface area contributed by atoms with Crippen molar-refractivity contribution in [2.45, 2.75) is 6.54 Å².